The second-order valence-corrected chi connectivity index (χ2v) is 8.13. The molecule has 0 aliphatic heterocycles. The molecule has 0 aliphatic carbocycles. The quantitative estimate of drug-likeness (QED) is 0.764. The molecule has 1 aromatic heterocycles. The number of hydrogen-bond acceptors (Lipinski definition) is 5. The van der Waals surface area contributed by atoms with E-state index in [-0.39, 0.29) is 24.8 Å². The Balaban J connectivity index is 2.11. The lowest BCUT2D eigenvalue weighted by molar-refractivity contribution is -0.116. The third-order valence-corrected chi connectivity index (χ3v) is 4.85. The third-order valence-electron chi connectivity index (χ3n) is 3.38. The van der Waals surface area contributed by atoms with Crippen molar-refractivity contribution in [3.8, 4) is 0 Å². The molecule has 0 spiro atoms. The highest BCUT2D eigenvalue weighted by Gasteiger charge is 2.23. The Morgan fingerprint density at radius 1 is 1.31 bits per heavy atom. The first-order valence-corrected chi connectivity index (χ1v) is 9.73. The number of nitrogens with zero attached hydrogens (tertiary/aromatic N) is 2. The van der Waals surface area contributed by atoms with Crippen LogP contribution in [-0.4, -0.2) is 36.9 Å². The van der Waals surface area contributed by atoms with E-state index in [2.05, 4.69) is 10.5 Å². The molecule has 1 aromatic carbocycles. The summed E-state index contributed by atoms with van der Waals surface area (Å²) in [4.78, 5) is 12.2. The summed E-state index contributed by atoms with van der Waals surface area (Å²) in [6, 6.07) is 10.7. The molecule has 1 N–H and O–H groups in total. The average molecular weight is 377 g/mol. The van der Waals surface area contributed by atoms with E-state index in [1.807, 2.05) is 32.0 Å². The second-order valence-electron chi connectivity index (χ2n) is 6.32. The van der Waals surface area contributed by atoms with E-state index in [1.54, 1.807) is 25.1 Å². The lowest BCUT2D eigenvalue weighted by Crippen LogP contribution is -2.39. The predicted molar refractivity (Wildman–Crippen MR) is 101 cm³/mol. The second kappa shape index (κ2) is 8.77. The van der Waals surface area contributed by atoms with E-state index in [9.17, 15) is 13.2 Å². The molecule has 2 aromatic rings. The molecule has 0 radical (unpaired) electrons. The lowest BCUT2D eigenvalue weighted by atomic mass is 10.2. The molecule has 0 saturated heterocycles. The van der Waals surface area contributed by atoms with Gasteiger partial charge >= 0.3 is 0 Å². The first kappa shape index (κ1) is 19.9. The van der Waals surface area contributed by atoms with Gasteiger partial charge in [0.2, 0.25) is 15.9 Å². The summed E-state index contributed by atoms with van der Waals surface area (Å²) < 4.78 is 31.3. The van der Waals surface area contributed by atoms with Crippen molar-refractivity contribution in [2.24, 2.45) is 5.92 Å². The van der Waals surface area contributed by atoms with Crippen LogP contribution >= 0.6 is 0 Å². The van der Waals surface area contributed by atoms with Crippen molar-refractivity contribution < 1.29 is 17.7 Å². The summed E-state index contributed by atoms with van der Waals surface area (Å²) in [6.45, 7) is 5.41. The number of hydrogen-bond donors (Lipinski definition) is 1. The minimum absolute atomic E-state index is 0.0667. The van der Waals surface area contributed by atoms with Crippen molar-refractivity contribution in [1.82, 2.24) is 9.46 Å². The number of carbonyl (C=O) groups is 1. The van der Waals surface area contributed by atoms with Crippen molar-refractivity contribution in [3.63, 3.8) is 0 Å². The van der Waals surface area contributed by atoms with Gasteiger partial charge in [0, 0.05) is 18.0 Å². The van der Waals surface area contributed by atoms with Gasteiger partial charge in [-0.1, -0.05) is 49.3 Å². The maximum absolute atomic E-state index is 12.7. The molecule has 8 heteroatoms. The fourth-order valence-corrected chi connectivity index (χ4v) is 3.55. The highest BCUT2D eigenvalue weighted by atomic mass is 32.2. The molecule has 1 amide bonds. The van der Waals surface area contributed by atoms with E-state index >= 15 is 0 Å². The van der Waals surface area contributed by atoms with Crippen LogP contribution in [0.3, 0.4) is 0 Å². The van der Waals surface area contributed by atoms with Crippen molar-refractivity contribution >= 4 is 27.8 Å². The molecular formula is C18H23N3O4S. The zero-order valence-electron chi connectivity index (χ0n) is 15.0. The number of nitrogens with one attached hydrogen (secondary N) is 1. The van der Waals surface area contributed by atoms with E-state index in [0.717, 1.165) is 15.3 Å². The van der Waals surface area contributed by atoms with Gasteiger partial charge < -0.3 is 9.84 Å². The Morgan fingerprint density at radius 3 is 2.58 bits per heavy atom. The van der Waals surface area contributed by atoms with E-state index in [1.165, 1.54) is 6.08 Å². The van der Waals surface area contributed by atoms with Gasteiger partial charge in [0.1, 0.15) is 5.76 Å². The summed E-state index contributed by atoms with van der Waals surface area (Å²) >= 11 is 0. The van der Waals surface area contributed by atoms with Gasteiger partial charge in [-0.25, -0.2) is 8.42 Å². The number of carbonyl (C=O) groups excluding carboxylic acids is 1. The van der Waals surface area contributed by atoms with Crippen LogP contribution in [0.25, 0.3) is 6.08 Å². The van der Waals surface area contributed by atoms with Gasteiger partial charge in [0.15, 0.2) is 5.82 Å². The average Bonchev–Trinajstić information content (AvgIpc) is 2.98. The number of amides is 1. The maximum atomic E-state index is 12.7. The Morgan fingerprint density at radius 2 is 2.00 bits per heavy atom. The minimum atomic E-state index is -3.75. The summed E-state index contributed by atoms with van der Waals surface area (Å²) in [6.07, 6.45) is 1.52. The van der Waals surface area contributed by atoms with Crippen molar-refractivity contribution in [2.75, 3.05) is 18.4 Å². The first-order valence-electron chi connectivity index (χ1n) is 8.23. The minimum Gasteiger partial charge on any atom is -0.360 e. The summed E-state index contributed by atoms with van der Waals surface area (Å²) in [5.74, 6) is 0.402. The third kappa shape index (κ3) is 6.12. The molecule has 0 fully saturated rings. The van der Waals surface area contributed by atoms with Crippen LogP contribution < -0.4 is 5.32 Å². The maximum Gasteiger partial charge on any atom is 0.240 e. The molecule has 0 aliphatic rings. The SMILES string of the molecule is Cc1cc(NC(=O)CN(CC(C)C)S(=O)(=O)/C=C/c2ccccc2)no1. The van der Waals surface area contributed by atoms with Gasteiger partial charge in [0.25, 0.3) is 0 Å². The molecule has 2 rings (SSSR count). The van der Waals surface area contributed by atoms with Crippen LogP contribution in [0, 0.1) is 12.8 Å². The van der Waals surface area contributed by atoms with Crippen molar-refractivity contribution in [1.29, 1.82) is 0 Å². The van der Waals surface area contributed by atoms with Gasteiger partial charge in [0.05, 0.1) is 6.54 Å². The van der Waals surface area contributed by atoms with Crippen LogP contribution in [0.1, 0.15) is 25.2 Å². The van der Waals surface area contributed by atoms with Gasteiger partial charge in [-0.3, -0.25) is 4.79 Å². The van der Waals surface area contributed by atoms with Crippen LogP contribution in [0.5, 0.6) is 0 Å². The molecule has 140 valence electrons. The number of aromatic nitrogens is 1. The van der Waals surface area contributed by atoms with Crippen LogP contribution in [0.15, 0.2) is 46.3 Å². The summed E-state index contributed by atoms with van der Waals surface area (Å²) in [5, 5.41) is 7.33. The van der Waals surface area contributed by atoms with Crippen LogP contribution in [0.4, 0.5) is 5.82 Å². The molecule has 7 nitrogen and oxygen atoms in total. The number of sulfonamides is 1. The Kier molecular flexibility index (Phi) is 6.70. The normalized spacial score (nSPS) is 12.2. The fourth-order valence-electron chi connectivity index (χ4n) is 2.25. The Labute approximate surface area is 153 Å². The van der Waals surface area contributed by atoms with Crippen molar-refractivity contribution in [2.45, 2.75) is 20.8 Å². The predicted octanol–water partition coefficient (Wildman–Crippen LogP) is 2.88. The summed E-state index contributed by atoms with van der Waals surface area (Å²) in [7, 11) is -3.75. The number of aryl methyl sites for hydroxylation is 1. The Bertz CT molecular complexity index is 858. The number of rotatable bonds is 8. The molecule has 0 bridgehead atoms. The van der Waals surface area contributed by atoms with Crippen LogP contribution in [0.2, 0.25) is 0 Å². The Hall–Kier alpha value is -2.45. The van der Waals surface area contributed by atoms with Crippen LogP contribution in [-0.2, 0) is 14.8 Å². The van der Waals surface area contributed by atoms with Gasteiger partial charge in [-0.2, -0.15) is 4.31 Å². The lowest BCUT2D eigenvalue weighted by Gasteiger charge is -2.21. The number of benzene rings is 1. The monoisotopic (exact) mass is 377 g/mol. The molecule has 26 heavy (non-hydrogen) atoms. The standard InChI is InChI=1S/C18H23N3O4S/c1-14(2)12-21(13-18(22)19-17-11-15(3)25-20-17)26(23,24)10-9-16-7-5-4-6-8-16/h4-11,14H,12-13H2,1-3H3,(H,19,20,22)/b10-9+. The highest BCUT2D eigenvalue weighted by Crippen LogP contribution is 2.12. The molecule has 0 atom stereocenters. The van der Waals surface area contributed by atoms with Crippen molar-refractivity contribution in [3.05, 3.63) is 53.1 Å². The summed E-state index contributed by atoms with van der Waals surface area (Å²) in [5.41, 5.74) is 0.767. The molecule has 1 heterocycles. The zero-order valence-corrected chi connectivity index (χ0v) is 15.9. The van der Waals surface area contributed by atoms with Gasteiger partial charge in [-0.05, 0) is 24.5 Å². The number of anilines is 1. The largest absolute Gasteiger partial charge is 0.360 e. The highest BCUT2D eigenvalue weighted by molar-refractivity contribution is 7.92. The van der Waals surface area contributed by atoms with E-state index < -0.39 is 15.9 Å². The van der Waals surface area contributed by atoms with E-state index in [4.69, 9.17) is 4.52 Å². The zero-order chi connectivity index (χ0) is 19.2. The smallest absolute Gasteiger partial charge is 0.240 e. The molecule has 0 unspecified atom stereocenters. The van der Waals surface area contributed by atoms with E-state index in [0.29, 0.717) is 5.76 Å². The fraction of sp³-hybridized carbons (Fsp3) is 0.333. The molecule has 0 saturated carbocycles. The first-order chi connectivity index (χ1) is 12.3. The van der Waals surface area contributed by atoms with Gasteiger partial charge in [-0.15, -0.1) is 0 Å². The topological polar surface area (TPSA) is 92.5 Å². The molecular weight excluding hydrogens is 354 g/mol.